The molecule has 0 bridgehead atoms. The molecule has 0 aliphatic heterocycles. The van der Waals surface area contributed by atoms with Gasteiger partial charge in [-0.3, -0.25) is 0 Å². The summed E-state index contributed by atoms with van der Waals surface area (Å²) in [6.45, 7) is 17.1. The Balaban J connectivity index is 4.90. The monoisotopic (exact) mass is 194 g/mol. The molecule has 0 radical (unpaired) electrons. The van der Waals surface area contributed by atoms with Gasteiger partial charge in [-0.05, 0) is 36.5 Å². The molecule has 82 valence electrons. The highest BCUT2D eigenvalue weighted by Crippen LogP contribution is 2.49. The average molecular weight is 194 g/mol. The highest BCUT2D eigenvalue weighted by molar-refractivity contribution is 4.97. The lowest BCUT2D eigenvalue weighted by atomic mass is 9.59. The Morgan fingerprint density at radius 1 is 0.857 bits per heavy atom. The molecule has 0 rings (SSSR count). The van der Waals surface area contributed by atoms with Gasteiger partial charge in [0.2, 0.25) is 0 Å². The van der Waals surface area contributed by atoms with E-state index in [2.05, 4.69) is 53.0 Å². The van der Waals surface area contributed by atoms with Gasteiger partial charge >= 0.3 is 0 Å². The van der Waals surface area contributed by atoms with Gasteiger partial charge in [-0.15, -0.1) is 13.2 Å². The van der Waals surface area contributed by atoms with Gasteiger partial charge in [-0.25, -0.2) is 0 Å². The molecule has 0 aromatic carbocycles. The first-order valence-electron chi connectivity index (χ1n) is 5.71. The standard InChI is InChI=1S/C14H26/c1-7-11-13(5,9-3)14(6,10-4)12-8-2/h7-8H,1-2,9-12H2,3-6H3. The van der Waals surface area contributed by atoms with Crippen molar-refractivity contribution >= 4 is 0 Å². The highest BCUT2D eigenvalue weighted by atomic mass is 14.4. The first-order chi connectivity index (χ1) is 6.49. The Hall–Kier alpha value is -0.520. The van der Waals surface area contributed by atoms with Crippen LogP contribution in [-0.2, 0) is 0 Å². The van der Waals surface area contributed by atoms with Crippen molar-refractivity contribution < 1.29 is 0 Å². The van der Waals surface area contributed by atoms with Crippen LogP contribution in [-0.4, -0.2) is 0 Å². The quantitative estimate of drug-likeness (QED) is 0.502. The predicted octanol–water partition coefficient (Wildman–Crippen LogP) is 4.97. The third kappa shape index (κ3) is 2.50. The molecule has 2 atom stereocenters. The summed E-state index contributed by atoms with van der Waals surface area (Å²) in [6, 6.07) is 0. The van der Waals surface area contributed by atoms with E-state index in [1.165, 1.54) is 12.8 Å². The van der Waals surface area contributed by atoms with Crippen molar-refractivity contribution in [2.24, 2.45) is 10.8 Å². The molecule has 0 aliphatic rings. The van der Waals surface area contributed by atoms with Gasteiger partial charge < -0.3 is 0 Å². The Morgan fingerprint density at radius 3 is 1.29 bits per heavy atom. The van der Waals surface area contributed by atoms with Crippen molar-refractivity contribution in [2.75, 3.05) is 0 Å². The molecule has 0 aromatic rings. The molecule has 0 fully saturated rings. The fourth-order valence-electron chi connectivity index (χ4n) is 2.27. The minimum atomic E-state index is 0.359. The summed E-state index contributed by atoms with van der Waals surface area (Å²) < 4.78 is 0. The van der Waals surface area contributed by atoms with Crippen molar-refractivity contribution in [3.8, 4) is 0 Å². The Kier molecular flexibility index (Phi) is 5.18. The van der Waals surface area contributed by atoms with Gasteiger partial charge in [0.15, 0.2) is 0 Å². The summed E-state index contributed by atoms with van der Waals surface area (Å²) in [6.07, 6.45) is 8.72. The molecule has 0 aromatic heterocycles. The largest absolute Gasteiger partial charge is 0.103 e. The third-order valence-corrected chi connectivity index (χ3v) is 4.21. The van der Waals surface area contributed by atoms with E-state index >= 15 is 0 Å². The van der Waals surface area contributed by atoms with Gasteiger partial charge in [0.05, 0.1) is 0 Å². The van der Waals surface area contributed by atoms with E-state index in [1.807, 2.05) is 0 Å². The topological polar surface area (TPSA) is 0 Å². The number of hydrogen-bond donors (Lipinski definition) is 0. The lowest BCUT2D eigenvalue weighted by molar-refractivity contribution is 0.0643. The van der Waals surface area contributed by atoms with Crippen molar-refractivity contribution in [1.82, 2.24) is 0 Å². The molecular formula is C14H26. The maximum Gasteiger partial charge on any atom is -0.0237 e. The molecule has 0 spiro atoms. The van der Waals surface area contributed by atoms with Crippen LogP contribution in [0.3, 0.4) is 0 Å². The van der Waals surface area contributed by atoms with E-state index in [1.54, 1.807) is 0 Å². The van der Waals surface area contributed by atoms with Crippen molar-refractivity contribution in [3.05, 3.63) is 25.3 Å². The van der Waals surface area contributed by atoms with Crippen LogP contribution in [0.25, 0.3) is 0 Å². The Labute approximate surface area is 90.1 Å². The van der Waals surface area contributed by atoms with Crippen LogP contribution in [0, 0.1) is 10.8 Å². The van der Waals surface area contributed by atoms with E-state index < -0.39 is 0 Å². The molecule has 2 unspecified atom stereocenters. The lowest BCUT2D eigenvalue weighted by Crippen LogP contribution is -2.36. The van der Waals surface area contributed by atoms with E-state index in [4.69, 9.17) is 0 Å². The fourth-order valence-corrected chi connectivity index (χ4v) is 2.27. The van der Waals surface area contributed by atoms with E-state index in [0.717, 1.165) is 12.8 Å². The average Bonchev–Trinajstić information content (AvgIpc) is 2.18. The molecule has 0 saturated heterocycles. The summed E-state index contributed by atoms with van der Waals surface area (Å²) in [5.74, 6) is 0. The van der Waals surface area contributed by atoms with Crippen LogP contribution in [0.4, 0.5) is 0 Å². The molecule has 0 heteroatoms. The molecule has 14 heavy (non-hydrogen) atoms. The van der Waals surface area contributed by atoms with Gasteiger partial charge in [0.25, 0.3) is 0 Å². The molecule has 0 heterocycles. The fraction of sp³-hybridized carbons (Fsp3) is 0.714. The summed E-state index contributed by atoms with van der Waals surface area (Å²) in [4.78, 5) is 0. The van der Waals surface area contributed by atoms with E-state index in [0.29, 0.717) is 10.8 Å². The SMILES string of the molecule is C=CCC(C)(CC)C(C)(CC)CC=C. The van der Waals surface area contributed by atoms with Crippen LogP contribution < -0.4 is 0 Å². The van der Waals surface area contributed by atoms with Crippen molar-refractivity contribution in [2.45, 2.75) is 53.4 Å². The first-order valence-corrected chi connectivity index (χ1v) is 5.71. The Bertz CT molecular complexity index is 170. The predicted molar refractivity (Wildman–Crippen MR) is 66.4 cm³/mol. The molecule has 0 N–H and O–H groups in total. The van der Waals surface area contributed by atoms with Crippen LogP contribution in [0.5, 0.6) is 0 Å². The smallest absolute Gasteiger partial charge is 0.0237 e. The Morgan fingerprint density at radius 2 is 1.14 bits per heavy atom. The van der Waals surface area contributed by atoms with Gasteiger partial charge in [-0.2, -0.15) is 0 Å². The first kappa shape index (κ1) is 13.5. The minimum absolute atomic E-state index is 0.359. The summed E-state index contributed by atoms with van der Waals surface area (Å²) >= 11 is 0. The van der Waals surface area contributed by atoms with E-state index in [9.17, 15) is 0 Å². The zero-order chi connectivity index (χ0) is 11.2. The highest BCUT2D eigenvalue weighted by Gasteiger charge is 2.39. The zero-order valence-corrected chi connectivity index (χ0v) is 10.4. The summed E-state index contributed by atoms with van der Waals surface area (Å²) in [5, 5.41) is 0. The van der Waals surface area contributed by atoms with Gasteiger partial charge in [0, 0.05) is 0 Å². The molecule has 0 nitrogen and oxygen atoms in total. The van der Waals surface area contributed by atoms with Crippen molar-refractivity contribution in [1.29, 1.82) is 0 Å². The molecule has 0 saturated carbocycles. The van der Waals surface area contributed by atoms with Gasteiger partial charge in [-0.1, -0.05) is 39.8 Å². The second-order valence-electron chi connectivity index (χ2n) is 4.81. The maximum atomic E-state index is 3.88. The second kappa shape index (κ2) is 5.38. The summed E-state index contributed by atoms with van der Waals surface area (Å²) in [7, 11) is 0. The lowest BCUT2D eigenvalue weighted by Gasteiger charge is -2.45. The maximum absolute atomic E-state index is 3.88. The van der Waals surface area contributed by atoms with Crippen LogP contribution in [0.2, 0.25) is 0 Å². The van der Waals surface area contributed by atoms with Crippen molar-refractivity contribution in [3.63, 3.8) is 0 Å². The molecular weight excluding hydrogens is 168 g/mol. The number of hydrogen-bond acceptors (Lipinski definition) is 0. The third-order valence-electron chi connectivity index (χ3n) is 4.21. The number of allylic oxidation sites excluding steroid dienone is 2. The molecule has 0 aliphatic carbocycles. The van der Waals surface area contributed by atoms with E-state index in [-0.39, 0.29) is 0 Å². The van der Waals surface area contributed by atoms with Crippen LogP contribution >= 0.6 is 0 Å². The summed E-state index contributed by atoms with van der Waals surface area (Å²) in [5.41, 5.74) is 0.718. The normalized spacial score (nSPS) is 19.4. The number of rotatable bonds is 7. The van der Waals surface area contributed by atoms with Crippen LogP contribution in [0.1, 0.15) is 53.4 Å². The second-order valence-corrected chi connectivity index (χ2v) is 4.81. The minimum Gasteiger partial charge on any atom is -0.103 e. The molecule has 0 amide bonds. The van der Waals surface area contributed by atoms with Crippen LogP contribution in [0.15, 0.2) is 25.3 Å². The zero-order valence-electron chi connectivity index (χ0n) is 10.4. The van der Waals surface area contributed by atoms with Gasteiger partial charge in [0.1, 0.15) is 0 Å².